The number of aliphatic hydroxyl groups is 1. The minimum Gasteiger partial charge on any atom is -0.507 e. The highest BCUT2D eigenvalue weighted by molar-refractivity contribution is 6.46. The van der Waals surface area contributed by atoms with Gasteiger partial charge in [0.25, 0.3) is 11.7 Å². The van der Waals surface area contributed by atoms with Gasteiger partial charge in [0.1, 0.15) is 11.5 Å². The lowest BCUT2D eigenvalue weighted by atomic mass is 9.94. The number of carbonyl (C=O) groups excluding carboxylic acids is 2. The quantitative estimate of drug-likeness (QED) is 0.323. The van der Waals surface area contributed by atoms with Gasteiger partial charge < -0.3 is 19.6 Å². The largest absolute Gasteiger partial charge is 0.507 e. The lowest BCUT2D eigenvalue weighted by Gasteiger charge is -2.28. The molecule has 6 nitrogen and oxygen atoms in total. The van der Waals surface area contributed by atoms with Crippen LogP contribution in [0.25, 0.3) is 5.76 Å². The maximum Gasteiger partial charge on any atom is 0.295 e. The number of amides is 1. The van der Waals surface area contributed by atoms with Crippen LogP contribution in [0.5, 0.6) is 5.75 Å². The van der Waals surface area contributed by atoms with E-state index in [0.29, 0.717) is 36.0 Å². The number of aliphatic hydroxyl groups excluding tert-OH is 1. The molecule has 1 atom stereocenters. The van der Waals surface area contributed by atoms with Crippen LogP contribution in [0.3, 0.4) is 0 Å². The van der Waals surface area contributed by atoms with E-state index in [2.05, 4.69) is 18.7 Å². The third kappa shape index (κ3) is 5.23. The normalized spacial score (nSPS) is 17.8. The molecule has 1 unspecified atom stereocenters. The van der Waals surface area contributed by atoms with Gasteiger partial charge >= 0.3 is 0 Å². The van der Waals surface area contributed by atoms with Crippen LogP contribution in [-0.2, 0) is 9.59 Å². The molecule has 0 saturated carbocycles. The topological polar surface area (TPSA) is 70.1 Å². The number of likely N-dealkylation sites (N-methyl/N-ethyl adjacent to an activating group) is 1. The van der Waals surface area contributed by atoms with Gasteiger partial charge in [0.05, 0.1) is 23.2 Å². The highest BCUT2D eigenvalue weighted by Gasteiger charge is 2.46. The molecule has 1 N–H and O–H groups in total. The van der Waals surface area contributed by atoms with Crippen molar-refractivity contribution in [1.82, 2.24) is 9.80 Å². The van der Waals surface area contributed by atoms with Crippen molar-refractivity contribution >= 4 is 29.1 Å². The van der Waals surface area contributed by atoms with E-state index < -0.39 is 17.7 Å². The van der Waals surface area contributed by atoms with Crippen molar-refractivity contribution < 1.29 is 19.4 Å². The first kappa shape index (κ1) is 24.8. The Balaban J connectivity index is 2.09. The van der Waals surface area contributed by atoms with Gasteiger partial charge in [-0.2, -0.15) is 0 Å². The van der Waals surface area contributed by atoms with E-state index in [4.69, 9.17) is 16.3 Å². The number of aryl methyl sites for hydroxylation is 1. The molecule has 0 spiro atoms. The van der Waals surface area contributed by atoms with Gasteiger partial charge in [-0.25, -0.2) is 0 Å². The summed E-state index contributed by atoms with van der Waals surface area (Å²) < 4.78 is 5.47. The number of hydrogen-bond acceptors (Lipinski definition) is 5. The second kappa shape index (κ2) is 10.9. The molecule has 7 heteroatoms. The van der Waals surface area contributed by atoms with Crippen LogP contribution in [0.1, 0.15) is 43.5 Å². The standard InChI is InChI=1S/C26H31ClN2O4/c1-5-28(6-2)14-15-29-23(18-10-8-17(4)9-11-18)22(25(31)26(29)32)24(30)19-12-13-21(33-7-3)20(27)16-19/h8-13,16,23,30H,5-7,14-15H2,1-4H3/b24-22-. The predicted molar refractivity (Wildman–Crippen MR) is 131 cm³/mol. The molecular weight excluding hydrogens is 440 g/mol. The second-order valence-corrected chi connectivity index (χ2v) is 8.42. The smallest absolute Gasteiger partial charge is 0.295 e. The predicted octanol–water partition coefficient (Wildman–Crippen LogP) is 4.81. The molecule has 1 heterocycles. The Morgan fingerprint density at radius 3 is 2.33 bits per heavy atom. The maximum atomic E-state index is 13.1. The van der Waals surface area contributed by atoms with E-state index >= 15 is 0 Å². The molecule has 0 bridgehead atoms. The van der Waals surface area contributed by atoms with Crippen LogP contribution < -0.4 is 4.74 Å². The Hall–Kier alpha value is -2.83. The van der Waals surface area contributed by atoms with Crippen molar-refractivity contribution in [2.45, 2.75) is 33.7 Å². The SMILES string of the molecule is CCOc1ccc(/C(O)=C2/C(=O)C(=O)N(CCN(CC)CC)C2c2ccc(C)cc2)cc1Cl. The minimum atomic E-state index is -0.692. The van der Waals surface area contributed by atoms with Crippen LogP contribution in [0.15, 0.2) is 48.0 Å². The highest BCUT2D eigenvalue weighted by Crippen LogP contribution is 2.40. The molecule has 33 heavy (non-hydrogen) atoms. The number of carbonyl (C=O) groups is 2. The highest BCUT2D eigenvalue weighted by atomic mass is 35.5. The van der Waals surface area contributed by atoms with E-state index in [1.54, 1.807) is 23.1 Å². The summed E-state index contributed by atoms with van der Waals surface area (Å²) in [6.45, 7) is 11.1. The molecule has 1 fully saturated rings. The van der Waals surface area contributed by atoms with Crippen molar-refractivity contribution in [3.8, 4) is 5.75 Å². The fourth-order valence-corrected chi connectivity index (χ4v) is 4.31. The van der Waals surface area contributed by atoms with Gasteiger partial charge in [-0.3, -0.25) is 9.59 Å². The van der Waals surface area contributed by atoms with Gasteiger partial charge in [0, 0.05) is 18.7 Å². The van der Waals surface area contributed by atoms with Crippen molar-refractivity contribution in [3.05, 3.63) is 69.8 Å². The van der Waals surface area contributed by atoms with Gasteiger partial charge in [0.2, 0.25) is 0 Å². The van der Waals surface area contributed by atoms with Gasteiger partial charge in [0.15, 0.2) is 0 Å². The van der Waals surface area contributed by atoms with Gasteiger partial charge in [-0.05, 0) is 50.7 Å². The van der Waals surface area contributed by atoms with Crippen LogP contribution >= 0.6 is 11.6 Å². The van der Waals surface area contributed by atoms with Crippen molar-refractivity contribution in [2.24, 2.45) is 0 Å². The summed E-state index contributed by atoms with van der Waals surface area (Å²) in [5.41, 5.74) is 2.28. The molecule has 2 aromatic rings. The lowest BCUT2D eigenvalue weighted by molar-refractivity contribution is -0.140. The molecule has 176 valence electrons. The van der Waals surface area contributed by atoms with E-state index in [9.17, 15) is 14.7 Å². The summed E-state index contributed by atoms with van der Waals surface area (Å²) in [6.07, 6.45) is 0. The summed E-state index contributed by atoms with van der Waals surface area (Å²) in [5, 5.41) is 11.5. The molecule has 1 aliphatic heterocycles. The molecular formula is C26H31ClN2O4. The first-order valence-electron chi connectivity index (χ1n) is 11.3. The molecule has 1 amide bonds. The van der Waals surface area contributed by atoms with Gasteiger partial charge in [-0.1, -0.05) is 55.3 Å². The number of hydrogen-bond donors (Lipinski definition) is 1. The zero-order chi connectivity index (χ0) is 24.1. The summed E-state index contributed by atoms with van der Waals surface area (Å²) in [4.78, 5) is 30.0. The molecule has 1 saturated heterocycles. The van der Waals surface area contributed by atoms with Crippen LogP contribution in [0, 0.1) is 6.92 Å². The monoisotopic (exact) mass is 470 g/mol. The average molecular weight is 471 g/mol. The van der Waals surface area contributed by atoms with Crippen molar-refractivity contribution in [1.29, 1.82) is 0 Å². The molecule has 3 rings (SSSR count). The number of likely N-dealkylation sites (tertiary alicyclic amines) is 1. The van der Waals surface area contributed by atoms with Crippen molar-refractivity contribution in [3.63, 3.8) is 0 Å². The molecule has 0 aliphatic carbocycles. The fraction of sp³-hybridized carbons (Fsp3) is 0.385. The Labute approximate surface area is 200 Å². The Bertz CT molecular complexity index is 1040. The van der Waals surface area contributed by atoms with E-state index in [0.717, 1.165) is 24.2 Å². The zero-order valence-corrected chi connectivity index (χ0v) is 20.4. The number of rotatable bonds is 9. The Morgan fingerprint density at radius 2 is 1.76 bits per heavy atom. The molecule has 1 aliphatic rings. The number of ketones is 1. The summed E-state index contributed by atoms with van der Waals surface area (Å²) in [5.74, 6) is -1.05. The minimum absolute atomic E-state index is 0.0728. The summed E-state index contributed by atoms with van der Waals surface area (Å²) >= 11 is 6.31. The van der Waals surface area contributed by atoms with Crippen LogP contribution in [0.2, 0.25) is 5.02 Å². The third-order valence-electron chi connectivity index (χ3n) is 5.99. The first-order valence-corrected chi connectivity index (χ1v) is 11.7. The number of Topliss-reactive ketones (excluding diaryl/α,β-unsaturated/α-hetero) is 1. The molecule has 0 aromatic heterocycles. The average Bonchev–Trinajstić information content (AvgIpc) is 3.06. The third-order valence-corrected chi connectivity index (χ3v) is 6.29. The maximum absolute atomic E-state index is 13.1. The van der Waals surface area contributed by atoms with Gasteiger partial charge in [-0.15, -0.1) is 0 Å². The number of nitrogens with zero attached hydrogens (tertiary/aromatic N) is 2. The van der Waals surface area contributed by atoms with E-state index in [-0.39, 0.29) is 11.3 Å². The lowest BCUT2D eigenvalue weighted by Crippen LogP contribution is -2.38. The van der Waals surface area contributed by atoms with Crippen LogP contribution in [0.4, 0.5) is 0 Å². The Morgan fingerprint density at radius 1 is 1.09 bits per heavy atom. The van der Waals surface area contributed by atoms with E-state index in [1.807, 2.05) is 38.1 Å². The fourth-order valence-electron chi connectivity index (χ4n) is 4.07. The summed E-state index contributed by atoms with van der Waals surface area (Å²) in [6, 6.07) is 11.8. The molecule has 2 aromatic carbocycles. The zero-order valence-electron chi connectivity index (χ0n) is 19.6. The Kier molecular flexibility index (Phi) is 8.16. The molecule has 0 radical (unpaired) electrons. The summed E-state index contributed by atoms with van der Waals surface area (Å²) in [7, 11) is 0. The van der Waals surface area contributed by atoms with Crippen LogP contribution in [-0.4, -0.2) is 59.4 Å². The van der Waals surface area contributed by atoms with E-state index in [1.165, 1.54) is 0 Å². The van der Waals surface area contributed by atoms with Crippen molar-refractivity contribution in [2.75, 3.05) is 32.8 Å². The second-order valence-electron chi connectivity index (χ2n) is 8.01. The number of ether oxygens (including phenoxy) is 1. The number of halogens is 1. The number of benzene rings is 2. The first-order chi connectivity index (χ1) is 15.8.